The first-order chi connectivity index (χ1) is 8.27. The molecule has 2 fully saturated rings. The molecule has 1 N–H and O–H groups in total. The van der Waals surface area contributed by atoms with Gasteiger partial charge >= 0.3 is 0 Å². The minimum atomic E-state index is -3.17. The molecule has 1 atom stereocenters. The number of rotatable bonds is 1. The molecule has 0 aromatic carbocycles. The second-order valence-corrected chi connectivity index (χ2v) is 9.53. The smallest absolute Gasteiger partial charge is 0.219 e. The number of piperidine rings is 2. The van der Waals surface area contributed by atoms with Crippen molar-refractivity contribution in [2.75, 3.05) is 26.2 Å². The fourth-order valence-electron chi connectivity index (χ4n) is 3.13. The monoisotopic (exact) mass is 274 g/mol. The quantitative estimate of drug-likeness (QED) is 0.790. The van der Waals surface area contributed by atoms with Gasteiger partial charge in [-0.2, -0.15) is 0 Å². The minimum Gasteiger partial charge on any atom is -0.316 e. The van der Waals surface area contributed by atoms with Crippen LogP contribution in [0.15, 0.2) is 0 Å². The van der Waals surface area contributed by atoms with Crippen molar-refractivity contribution in [3.63, 3.8) is 0 Å². The Labute approximate surface area is 111 Å². The number of hydrogen-bond acceptors (Lipinski definition) is 3. The molecule has 2 aliphatic rings. The molecule has 0 bridgehead atoms. The van der Waals surface area contributed by atoms with Crippen LogP contribution in [0, 0.1) is 5.41 Å². The number of hydrogen-bond donors (Lipinski definition) is 1. The fourth-order valence-corrected chi connectivity index (χ4v) is 4.72. The van der Waals surface area contributed by atoms with Crippen LogP contribution in [0.2, 0.25) is 0 Å². The topological polar surface area (TPSA) is 49.4 Å². The van der Waals surface area contributed by atoms with Gasteiger partial charge in [0.1, 0.15) is 0 Å². The van der Waals surface area contributed by atoms with E-state index < -0.39 is 14.8 Å². The first-order valence-corrected chi connectivity index (χ1v) is 8.41. The van der Waals surface area contributed by atoms with Crippen LogP contribution in [0.3, 0.4) is 0 Å². The standard InChI is InChI=1S/C13H26N2O2S/c1-12(2,3)18(16,17)15-9-5-7-13(11-15)6-4-8-14-10-13/h14H,4-11H2,1-3H3. The van der Waals surface area contributed by atoms with Crippen LogP contribution in [0.25, 0.3) is 0 Å². The van der Waals surface area contributed by atoms with Gasteiger partial charge < -0.3 is 5.32 Å². The molecular weight excluding hydrogens is 248 g/mol. The van der Waals surface area contributed by atoms with Crippen molar-refractivity contribution in [1.29, 1.82) is 0 Å². The van der Waals surface area contributed by atoms with Crippen LogP contribution in [0.1, 0.15) is 46.5 Å². The van der Waals surface area contributed by atoms with Crippen molar-refractivity contribution < 1.29 is 8.42 Å². The third-order valence-corrected chi connectivity index (χ3v) is 6.84. The van der Waals surface area contributed by atoms with Gasteiger partial charge in [-0.15, -0.1) is 0 Å². The molecule has 0 aromatic heterocycles. The third-order valence-electron chi connectivity index (χ3n) is 4.30. The lowest BCUT2D eigenvalue weighted by atomic mass is 9.75. The van der Waals surface area contributed by atoms with Crippen molar-refractivity contribution in [3.8, 4) is 0 Å². The number of nitrogens with one attached hydrogen (secondary N) is 1. The van der Waals surface area contributed by atoms with E-state index in [9.17, 15) is 8.42 Å². The summed E-state index contributed by atoms with van der Waals surface area (Å²) in [6.45, 7) is 8.84. The average Bonchev–Trinajstić information content (AvgIpc) is 2.28. The first kappa shape index (κ1) is 14.3. The first-order valence-electron chi connectivity index (χ1n) is 6.97. The fraction of sp³-hybridized carbons (Fsp3) is 1.00. The van der Waals surface area contributed by atoms with Crippen LogP contribution in [-0.4, -0.2) is 43.6 Å². The van der Waals surface area contributed by atoms with Gasteiger partial charge in [0.15, 0.2) is 0 Å². The van der Waals surface area contributed by atoms with Crippen LogP contribution >= 0.6 is 0 Å². The molecular formula is C13H26N2O2S. The molecule has 1 unspecified atom stereocenters. The lowest BCUT2D eigenvalue weighted by molar-refractivity contribution is 0.109. The van der Waals surface area contributed by atoms with Gasteiger partial charge in [0.2, 0.25) is 10.0 Å². The molecule has 18 heavy (non-hydrogen) atoms. The van der Waals surface area contributed by atoms with Gasteiger partial charge in [0.25, 0.3) is 0 Å². The molecule has 2 rings (SSSR count). The Morgan fingerprint density at radius 3 is 2.39 bits per heavy atom. The van der Waals surface area contributed by atoms with Crippen molar-refractivity contribution in [2.24, 2.45) is 5.41 Å². The minimum absolute atomic E-state index is 0.189. The molecule has 4 nitrogen and oxygen atoms in total. The second-order valence-electron chi connectivity index (χ2n) is 6.83. The van der Waals surface area contributed by atoms with E-state index in [1.807, 2.05) is 0 Å². The van der Waals surface area contributed by atoms with Crippen LogP contribution in [-0.2, 0) is 10.0 Å². The molecule has 0 amide bonds. The van der Waals surface area contributed by atoms with E-state index in [0.717, 1.165) is 32.4 Å². The molecule has 2 heterocycles. The second kappa shape index (κ2) is 4.76. The van der Waals surface area contributed by atoms with Gasteiger partial charge in [-0.05, 0) is 58.4 Å². The third kappa shape index (κ3) is 2.58. The van der Waals surface area contributed by atoms with E-state index in [2.05, 4.69) is 5.32 Å². The number of nitrogens with zero attached hydrogens (tertiary/aromatic N) is 1. The summed E-state index contributed by atoms with van der Waals surface area (Å²) in [6, 6.07) is 0. The molecule has 0 aromatic rings. The van der Waals surface area contributed by atoms with Crippen molar-refractivity contribution in [1.82, 2.24) is 9.62 Å². The molecule has 0 saturated carbocycles. The summed E-state index contributed by atoms with van der Waals surface area (Å²) >= 11 is 0. The van der Waals surface area contributed by atoms with E-state index in [-0.39, 0.29) is 5.41 Å². The molecule has 0 radical (unpaired) electrons. The van der Waals surface area contributed by atoms with Gasteiger partial charge in [-0.1, -0.05) is 0 Å². The molecule has 2 aliphatic heterocycles. The van der Waals surface area contributed by atoms with E-state index >= 15 is 0 Å². The predicted molar refractivity (Wildman–Crippen MR) is 74.0 cm³/mol. The van der Waals surface area contributed by atoms with E-state index in [4.69, 9.17) is 0 Å². The summed E-state index contributed by atoms with van der Waals surface area (Å²) in [7, 11) is -3.17. The average molecular weight is 274 g/mol. The Balaban J connectivity index is 2.16. The maximum absolute atomic E-state index is 12.5. The van der Waals surface area contributed by atoms with Gasteiger partial charge in [0.05, 0.1) is 4.75 Å². The lowest BCUT2D eigenvalue weighted by Gasteiger charge is -2.46. The van der Waals surface area contributed by atoms with Gasteiger partial charge in [0, 0.05) is 19.6 Å². The highest BCUT2D eigenvalue weighted by atomic mass is 32.2. The largest absolute Gasteiger partial charge is 0.316 e. The summed E-state index contributed by atoms with van der Waals surface area (Å²) < 4.78 is 26.1. The van der Waals surface area contributed by atoms with Crippen LogP contribution in [0.4, 0.5) is 0 Å². The summed E-state index contributed by atoms with van der Waals surface area (Å²) in [5.74, 6) is 0. The zero-order valence-corrected chi connectivity index (χ0v) is 12.6. The highest BCUT2D eigenvalue weighted by molar-refractivity contribution is 7.90. The number of sulfonamides is 1. The maximum Gasteiger partial charge on any atom is 0.219 e. The maximum atomic E-state index is 12.5. The molecule has 106 valence electrons. The molecule has 0 aliphatic carbocycles. The zero-order chi connectivity index (χ0) is 13.4. The Morgan fingerprint density at radius 2 is 1.83 bits per heavy atom. The molecule has 1 spiro atoms. The normalized spacial score (nSPS) is 31.7. The SMILES string of the molecule is CC(C)(C)S(=O)(=O)N1CCCC2(CCCNC2)C1. The van der Waals surface area contributed by atoms with Crippen molar-refractivity contribution in [3.05, 3.63) is 0 Å². The molecule has 5 heteroatoms. The Morgan fingerprint density at radius 1 is 1.17 bits per heavy atom. The van der Waals surface area contributed by atoms with Gasteiger partial charge in [-0.3, -0.25) is 0 Å². The Bertz CT molecular complexity index is 386. The molecule has 2 saturated heterocycles. The Hall–Kier alpha value is -0.130. The van der Waals surface area contributed by atoms with E-state index in [1.165, 1.54) is 6.42 Å². The predicted octanol–water partition coefficient (Wildman–Crippen LogP) is 1.58. The summed E-state index contributed by atoms with van der Waals surface area (Å²) in [6.07, 6.45) is 4.49. The van der Waals surface area contributed by atoms with Crippen LogP contribution in [0.5, 0.6) is 0 Å². The van der Waals surface area contributed by atoms with Crippen molar-refractivity contribution in [2.45, 2.75) is 51.2 Å². The van der Waals surface area contributed by atoms with E-state index in [1.54, 1.807) is 25.1 Å². The van der Waals surface area contributed by atoms with Gasteiger partial charge in [-0.25, -0.2) is 12.7 Å². The summed E-state index contributed by atoms with van der Waals surface area (Å²) in [4.78, 5) is 0. The summed E-state index contributed by atoms with van der Waals surface area (Å²) in [5.41, 5.74) is 0.189. The van der Waals surface area contributed by atoms with E-state index in [0.29, 0.717) is 13.1 Å². The Kier molecular flexibility index (Phi) is 3.78. The zero-order valence-electron chi connectivity index (χ0n) is 11.8. The summed E-state index contributed by atoms with van der Waals surface area (Å²) in [5, 5.41) is 3.43. The van der Waals surface area contributed by atoms with Crippen molar-refractivity contribution >= 4 is 10.0 Å². The highest BCUT2D eigenvalue weighted by Crippen LogP contribution is 2.38. The highest BCUT2D eigenvalue weighted by Gasteiger charge is 2.43. The van der Waals surface area contributed by atoms with Crippen LogP contribution < -0.4 is 5.32 Å². The lowest BCUT2D eigenvalue weighted by Crippen LogP contribution is -2.55.